The van der Waals surface area contributed by atoms with Crippen LogP contribution < -0.4 is 0 Å². The Bertz CT molecular complexity index is 801. The summed E-state index contributed by atoms with van der Waals surface area (Å²) in [6, 6.07) is 25.7. The van der Waals surface area contributed by atoms with Crippen molar-refractivity contribution in [1.29, 1.82) is 0 Å². The number of nitrogens with zero attached hydrogens (tertiary/aromatic N) is 3. The van der Waals surface area contributed by atoms with Gasteiger partial charge >= 0.3 is 0 Å². The van der Waals surface area contributed by atoms with Crippen LogP contribution in [0.4, 0.5) is 11.4 Å². The van der Waals surface area contributed by atoms with Crippen LogP contribution in [-0.2, 0) is 16.8 Å². The summed E-state index contributed by atoms with van der Waals surface area (Å²) in [5, 5.41) is 0. The van der Waals surface area contributed by atoms with E-state index in [-0.39, 0.29) is 16.8 Å². The average Bonchev–Trinajstić information content (AvgIpc) is 2.63. The number of hydrogen-bond acceptors (Lipinski definition) is 3. The molecule has 0 aliphatic heterocycles. The topological polar surface area (TPSA) is 37.6 Å². The Hall–Kier alpha value is -2.56. The van der Waals surface area contributed by atoms with Gasteiger partial charge in [0.25, 0.3) is 0 Å². The normalized spacial score (nSPS) is 11.8. The molecule has 0 saturated heterocycles. The van der Waals surface area contributed by atoms with Crippen LogP contribution in [0.3, 0.4) is 0 Å². The van der Waals surface area contributed by atoms with E-state index >= 15 is 0 Å². The molecule has 1 heterocycles. The molecule has 0 N–H and O–H groups in total. The fraction of sp³-hybridized carbons (Fsp3) is 0.0952. The number of para-hydroxylation sites is 2. The summed E-state index contributed by atoms with van der Waals surface area (Å²) in [5.74, 6) is 0. The predicted molar refractivity (Wildman–Crippen MR) is 101 cm³/mol. The minimum absolute atomic E-state index is 0. The van der Waals surface area contributed by atoms with Crippen LogP contribution in [0.5, 0.6) is 0 Å². The fourth-order valence-electron chi connectivity index (χ4n) is 2.34. The molecule has 3 aromatic rings. The number of aliphatic imine (C=N–C) groups is 2. The van der Waals surface area contributed by atoms with Crippen LogP contribution in [0.25, 0.3) is 0 Å². The van der Waals surface area contributed by atoms with Gasteiger partial charge in [-0.3, -0.25) is 9.98 Å². The van der Waals surface area contributed by atoms with Crippen LogP contribution in [0, 0.1) is 0 Å². The molecule has 0 fully saturated rings. The maximum Gasteiger partial charge on any atom is 0.0849 e. The number of benzene rings is 2. The first-order valence-electron chi connectivity index (χ1n) is 7.91. The van der Waals surface area contributed by atoms with E-state index in [0.29, 0.717) is 0 Å². The van der Waals surface area contributed by atoms with Crippen molar-refractivity contribution >= 4 is 22.8 Å². The van der Waals surface area contributed by atoms with E-state index in [1.54, 1.807) is 0 Å². The van der Waals surface area contributed by atoms with Gasteiger partial charge in [0.05, 0.1) is 34.2 Å². The fourth-order valence-corrected chi connectivity index (χ4v) is 2.34. The van der Waals surface area contributed by atoms with E-state index in [9.17, 15) is 0 Å². The van der Waals surface area contributed by atoms with Crippen LogP contribution in [-0.4, -0.2) is 16.4 Å². The molecule has 1 aromatic heterocycles. The second kappa shape index (κ2) is 9.06. The smallest absolute Gasteiger partial charge is 0.0849 e. The standard InChI is InChI=1S/C21H19N3.Co/c1-16(22-18-10-5-3-6-11-18)20-14-9-15-21(24-20)17(2)23-19-12-7-4-8-13-19;/h3-15H,1-2H3;. The van der Waals surface area contributed by atoms with Crippen LogP contribution >= 0.6 is 0 Å². The second-order valence-corrected chi connectivity index (χ2v) is 5.47. The van der Waals surface area contributed by atoms with Gasteiger partial charge in [0.2, 0.25) is 0 Å². The quantitative estimate of drug-likeness (QED) is 0.568. The van der Waals surface area contributed by atoms with Crippen LogP contribution in [0.1, 0.15) is 25.2 Å². The predicted octanol–water partition coefficient (Wildman–Crippen LogP) is 5.36. The number of pyridine rings is 1. The monoisotopic (exact) mass is 372 g/mol. The van der Waals surface area contributed by atoms with Crippen molar-refractivity contribution in [2.75, 3.05) is 0 Å². The SMILES string of the molecule is CC(=Nc1ccccc1)c1cccc(C(C)=Nc2ccccc2)n1.[Co]. The van der Waals surface area contributed by atoms with Gasteiger partial charge in [0.15, 0.2) is 0 Å². The van der Waals surface area contributed by atoms with Crippen molar-refractivity contribution in [2.24, 2.45) is 9.98 Å². The molecule has 4 heteroatoms. The van der Waals surface area contributed by atoms with Crippen LogP contribution in [0.2, 0.25) is 0 Å². The average molecular weight is 372 g/mol. The first kappa shape index (κ1) is 18.8. The first-order chi connectivity index (χ1) is 11.7. The summed E-state index contributed by atoms with van der Waals surface area (Å²) in [6.45, 7) is 3.95. The van der Waals surface area contributed by atoms with Gasteiger partial charge in [-0.1, -0.05) is 42.5 Å². The molecule has 127 valence electrons. The van der Waals surface area contributed by atoms with Gasteiger partial charge in [-0.05, 0) is 50.2 Å². The van der Waals surface area contributed by atoms with Crippen molar-refractivity contribution in [1.82, 2.24) is 4.98 Å². The molecule has 0 amide bonds. The molecule has 1 radical (unpaired) electrons. The molecule has 0 spiro atoms. The maximum absolute atomic E-state index is 4.70. The molecule has 0 aliphatic carbocycles. The summed E-state index contributed by atoms with van der Waals surface area (Å²) in [4.78, 5) is 14.0. The third kappa shape index (κ3) is 5.21. The van der Waals surface area contributed by atoms with Gasteiger partial charge in [-0.15, -0.1) is 0 Å². The maximum atomic E-state index is 4.70. The molecule has 25 heavy (non-hydrogen) atoms. The van der Waals surface area contributed by atoms with E-state index < -0.39 is 0 Å². The summed E-state index contributed by atoms with van der Waals surface area (Å²) in [5.41, 5.74) is 5.35. The Kier molecular flexibility index (Phi) is 6.80. The minimum Gasteiger partial charge on any atom is -0.252 e. The van der Waals surface area contributed by atoms with Crippen molar-refractivity contribution in [3.63, 3.8) is 0 Å². The Labute approximate surface area is 158 Å². The molecule has 0 atom stereocenters. The molecule has 0 bridgehead atoms. The largest absolute Gasteiger partial charge is 0.252 e. The van der Waals surface area contributed by atoms with E-state index in [1.165, 1.54) is 0 Å². The van der Waals surface area contributed by atoms with Crippen molar-refractivity contribution in [3.8, 4) is 0 Å². The molecular weight excluding hydrogens is 353 g/mol. The van der Waals surface area contributed by atoms with Crippen molar-refractivity contribution in [3.05, 3.63) is 90.3 Å². The molecule has 2 aromatic carbocycles. The summed E-state index contributed by atoms with van der Waals surface area (Å²) < 4.78 is 0. The zero-order valence-corrected chi connectivity index (χ0v) is 15.2. The molecule has 0 aliphatic rings. The van der Waals surface area contributed by atoms with Gasteiger partial charge in [0.1, 0.15) is 0 Å². The summed E-state index contributed by atoms with van der Waals surface area (Å²) in [7, 11) is 0. The van der Waals surface area contributed by atoms with Crippen molar-refractivity contribution in [2.45, 2.75) is 13.8 Å². The molecular formula is C21H19CoN3. The molecule has 0 saturated carbocycles. The Morgan fingerprint density at radius 1 is 0.600 bits per heavy atom. The van der Waals surface area contributed by atoms with E-state index in [4.69, 9.17) is 4.98 Å². The van der Waals surface area contributed by atoms with Gasteiger partial charge in [0, 0.05) is 16.8 Å². The summed E-state index contributed by atoms with van der Waals surface area (Å²) >= 11 is 0. The molecule has 0 unspecified atom stereocenters. The van der Waals surface area contributed by atoms with E-state index in [2.05, 4.69) is 9.98 Å². The Morgan fingerprint density at radius 3 is 1.40 bits per heavy atom. The second-order valence-electron chi connectivity index (χ2n) is 5.47. The van der Waals surface area contributed by atoms with Crippen molar-refractivity contribution < 1.29 is 16.8 Å². The van der Waals surface area contributed by atoms with Gasteiger partial charge < -0.3 is 0 Å². The molecule has 3 rings (SSSR count). The Balaban J connectivity index is 0.00000225. The van der Waals surface area contributed by atoms with E-state index in [0.717, 1.165) is 34.2 Å². The molecule has 3 nitrogen and oxygen atoms in total. The van der Waals surface area contributed by atoms with Gasteiger partial charge in [-0.2, -0.15) is 0 Å². The summed E-state index contributed by atoms with van der Waals surface area (Å²) in [6.07, 6.45) is 0. The van der Waals surface area contributed by atoms with Crippen LogP contribution in [0.15, 0.2) is 88.8 Å². The van der Waals surface area contributed by atoms with Gasteiger partial charge in [-0.25, -0.2) is 4.98 Å². The Morgan fingerprint density at radius 2 is 1.00 bits per heavy atom. The van der Waals surface area contributed by atoms with E-state index in [1.807, 2.05) is 92.7 Å². The first-order valence-corrected chi connectivity index (χ1v) is 7.91. The minimum atomic E-state index is 0. The number of hydrogen-bond donors (Lipinski definition) is 0. The zero-order chi connectivity index (χ0) is 16.8. The third-order valence-electron chi connectivity index (χ3n) is 3.60. The third-order valence-corrected chi connectivity index (χ3v) is 3.60. The number of aromatic nitrogens is 1. The zero-order valence-electron chi connectivity index (χ0n) is 14.2. The number of rotatable bonds is 4.